The maximum absolute atomic E-state index is 6.59. The molecule has 0 radical (unpaired) electrons. The Hall–Kier alpha value is -2.34. The number of aromatic nitrogens is 2. The maximum atomic E-state index is 6.59. The number of ether oxygens (including phenoxy) is 2. The molecule has 0 fully saturated rings. The lowest BCUT2D eigenvalue weighted by molar-refractivity contribution is 0.0885. The number of nitrogens with two attached hydrogens (primary N) is 1. The Balaban J connectivity index is 1.64. The Morgan fingerprint density at radius 1 is 1.20 bits per heavy atom. The highest BCUT2D eigenvalue weighted by molar-refractivity contribution is 6.33. The second-order valence-corrected chi connectivity index (χ2v) is 6.32. The lowest BCUT2D eigenvalue weighted by Crippen LogP contribution is -2.24. The van der Waals surface area contributed by atoms with Gasteiger partial charge in [0, 0.05) is 5.56 Å². The molecule has 4 rings (SSSR count). The van der Waals surface area contributed by atoms with Crippen molar-refractivity contribution in [1.29, 1.82) is 0 Å². The average molecular weight is 356 g/mol. The number of halogens is 1. The van der Waals surface area contributed by atoms with E-state index in [0.717, 1.165) is 22.5 Å². The summed E-state index contributed by atoms with van der Waals surface area (Å²) in [6.07, 6.45) is 1.79. The highest BCUT2D eigenvalue weighted by Crippen LogP contribution is 2.34. The summed E-state index contributed by atoms with van der Waals surface area (Å²) >= 11 is 6.59. The molecule has 1 unspecified atom stereocenters. The number of hydrogen-bond acceptors (Lipinski definition) is 4. The molecular formula is C19H18ClN3O2. The molecular weight excluding hydrogens is 338 g/mol. The van der Waals surface area contributed by atoms with Gasteiger partial charge in [-0.15, -0.1) is 0 Å². The van der Waals surface area contributed by atoms with Crippen LogP contribution in [-0.4, -0.2) is 16.4 Å². The predicted molar refractivity (Wildman–Crippen MR) is 95.9 cm³/mol. The summed E-state index contributed by atoms with van der Waals surface area (Å²) in [5.41, 5.74) is 9.85. The fraction of sp³-hybridized carbons (Fsp3) is 0.211. The van der Waals surface area contributed by atoms with Gasteiger partial charge in [-0.2, -0.15) is 5.10 Å². The van der Waals surface area contributed by atoms with Gasteiger partial charge in [-0.1, -0.05) is 48.0 Å². The van der Waals surface area contributed by atoms with Crippen LogP contribution in [0.25, 0.3) is 5.69 Å². The van der Waals surface area contributed by atoms with Crippen molar-refractivity contribution in [3.8, 4) is 11.4 Å². The van der Waals surface area contributed by atoms with Gasteiger partial charge in [0.25, 0.3) is 0 Å². The van der Waals surface area contributed by atoms with Crippen LogP contribution >= 0.6 is 11.6 Å². The quantitative estimate of drug-likeness (QED) is 0.776. The molecule has 1 aromatic heterocycles. The van der Waals surface area contributed by atoms with Crippen molar-refractivity contribution in [1.82, 2.24) is 9.78 Å². The van der Waals surface area contributed by atoms with E-state index in [1.54, 1.807) is 10.9 Å². The molecule has 0 saturated heterocycles. The number of hydrogen-bond donors (Lipinski definition) is 1. The molecule has 0 spiro atoms. The number of rotatable bonds is 4. The molecule has 2 heterocycles. The van der Waals surface area contributed by atoms with Gasteiger partial charge in [0.05, 0.1) is 36.8 Å². The molecule has 1 atom stereocenters. The predicted octanol–water partition coefficient (Wildman–Crippen LogP) is 3.63. The zero-order valence-corrected chi connectivity index (χ0v) is 14.3. The number of benzene rings is 2. The van der Waals surface area contributed by atoms with Crippen molar-refractivity contribution in [2.75, 3.05) is 6.61 Å². The van der Waals surface area contributed by atoms with Crippen molar-refractivity contribution in [2.24, 2.45) is 5.73 Å². The fourth-order valence-electron chi connectivity index (χ4n) is 2.93. The van der Waals surface area contributed by atoms with Gasteiger partial charge >= 0.3 is 0 Å². The normalized spacial score (nSPS) is 16.5. The average Bonchev–Trinajstić information content (AvgIpc) is 3.07. The molecule has 2 N–H and O–H groups in total. The monoisotopic (exact) mass is 355 g/mol. The van der Waals surface area contributed by atoms with E-state index in [1.165, 1.54) is 0 Å². The Bertz CT molecular complexity index is 880. The number of fused-ring (bicyclic) bond motifs is 1. The first kappa shape index (κ1) is 16.1. The van der Waals surface area contributed by atoms with Crippen LogP contribution in [0.3, 0.4) is 0 Å². The van der Waals surface area contributed by atoms with E-state index in [9.17, 15) is 0 Å². The minimum absolute atomic E-state index is 0.159. The highest BCUT2D eigenvalue weighted by atomic mass is 35.5. The summed E-state index contributed by atoms with van der Waals surface area (Å²) in [6.45, 7) is 1.43. The van der Waals surface area contributed by atoms with Crippen LogP contribution in [0.4, 0.5) is 0 Å². The first-order valence-electron chi connectivity index (χ1n) is 8.10. The minimum atomic E-state index is -0.159. The summed E-state index contributed by atoms with van der Waals surface area (Å²) in [4.78, 5) is 0. The van der Waals surface area contributed by atoms with E-state index in [0.29, 0.717) is 30.6 Å². The van der Waals surface area contributed by atoms with E-state index >= 15 is 0 Å². The lowest BCUT2D eigenvalue weighted by atomic mass is 10.1. The summed E-state index contributed by atoms with van der Waals surface area (Å²) in [5, 5.41) is 4.97. The van der Waals surface area contributed by atoms with Gasteiger partial charge < -0.3 is 15.2 Å². The standard InChI is InChI=1S/C19H18ClN3O2/c20-19-16(23-17-12-24-11-15(21)14(17)9-22-23)7-4-8-18(19)25-10-13-5-2-1-3-6-13/h1-9,15H,10-12,21H2. The summed E-state index contributed by atoms with van der Waals surface area (Å²) in [6, 6.07) is 15.5. The zero-order chi connectivity index (χ0) is 17.2. The first-order chi connectivity index (χ1) is 12.2. The fourth-order valence-corrected chi connectivity index (χ4v) is 3.19. The molecule has 0 amide bonds. The van der Waals surface area contributed by atoms with Crippen LogP contribution in [0.2, 0.25) is 5.02 Å². The summed E-state index contributed by atoms with van der Waals surface area (Å²) in [5.74, 6) is 0.619. The van der Waals surface area contributed by atoms with E-state index in [1.807, 2.05) is 48.5 Å². The molecule has 0 aliphatic carbocycles. The van der Waals surface area contributed by atoms with Crippen LogP contribution in [0.15, 0.2) is 54.7 Å². The van der Waals surface area contributed by atoms with Gasteiger partial charge in [-0.3, -0.25) is 0 Å². The van der Waals surface area contributed by atoms with Gasteiger partial charge in [-0.25, -0.2) is 4.68 Å². The number of nitrogens with zero attached hydrogens (tertiary/aromatic N) is 2. The minimum Gasteiger partial charge on any atom is -0.487 e. The maximum Gasteiger partial charge on any atom is 0.140 e. The molecule has 3 aromatic rings. The third-order valence-electron chi connectivity index (χ3n) is 4.25. The second-order valence-electron chi connectivity index (χ2n) is 5.94. The van der Waals surface area contributed by atoms with Crippen molar-refractivity contribution in [3.05, 3.63) is 76.6 Å². The molecule has 1 aliphatic rings. The van der Waals surface area contributed by atoms with Crippen molar-refractivity contribution >= 4 is 11.6 Å². The Kier molecular flexibility index (Phi) is 4.44. The first-order valence-corrected chi connectivity index (χ1v) is 8.47. The third-order valence-corrected chi connectivity index (χ3v) is 4.62. The van der Waals surface area contributed by atoms with Crippen LogP contribution in [0, 0.1) is 0 Å². The zero-order valence-electron chi connectivity index (χ0n) is 13.6. The van der Waals surface area contributed by atoms with Crippen LogP contribution in [0.5, 0.6) is 5.75 Å². The molecule has 1 aliphatic heterocycles. The van der Waals surface area contributed by atoms with Crippen molar-refractivity contribution in [3.63, 3.8) is 0 Å². The highest BCUT2D eigenvalue weighted by Gasteiger charge is 2.24. The second kappa shape index (κ2) is 6.88. The van der Waals surface area contributed by atoms with E-state index < -0.39 is 0 Å². The Morgan fingerprint density at radius 2 is 2.04 bits per heavy atom. The SMILES string of the molecule is NC1COCc2c1cnn2-c1cccc(OCc2ccccc2)c1Cl. The van der Waals surface area contributed by atoms with Crippen molar-refractivity contribution < 1.29 is 9.47 Å². The molecule has 6 heteroatoms. The summed E-state index contributed by atoms with van der Waals surface area (Å²) < 4.78 is 13.2. The Morgan fingerprint density at radius 3 is 2.88 bits per heavy atom. The molecule has 2 aromatic carbocycles. The lowest BCUT2D eigenvalue weighted by Gasteiger charge is -2.20. The molecule has 5 nitrogen and oxygen atoms in total. The van der Waals surface area contributed by atoms with Crippen LogP contribution < -0.4 is 10.5 Å². The Labute approximate surface area is 150 Å². The van der Waals surface area contributed by atoms with Crippen LogP contribution in [0.1, 0.15) is 22.9 Å². The van der Waals surface area contributed by atoms with E-state index in [4.69, 9.17) is 26.8 Å². The van der Waals surface area contributed by atoms with E-state index in [-0.39, 0.29) is 6.04 Å². The van der Waals surface area contributed by atoms with Gasteiger partial charge in [0.2, 0.25) is 0 Å². The molecule has 0 saturated carbocycles. The van der Waals surface area contributed by atoms with Crippen LogP contribution in [-0.2, 0) is 18.0 Å². The third kappa shape index (κ3) is 3.14. The summed E-state index contributed by atoms with van der Waals surface area (Å²) in [7, 11) is 0. The van der Waals surface area contributed by atoms with Crippen molar-refractivity contribution in [2.45, 2.75) is 19.3 Å². The topological polar surface area (TPSA) is 62.3 Å². The smallest absolute Gasteiger partial charge is 0.140 e. The van der Waals surface area contributed by atoms with Gasteiger partial charge in [-0.05, 0) is 17.7 Å². The largest absolute Gasteiger partial charge is 0.487 e. The molecule has 25 heavy (non-hydrogen) atoms. The van der Waals surface area contributed by atoms with E-state index in [2.05, 4.69) is 5.10 Å². The van der Waals surface area contributed by atoms with Gasteiger partial charge in [0.15, 0.2) is 0 Å². The molecule has 128 valence electrons. The van der Waals surface area contributed by atoms with Gasteiger partial charge in [0.1, 0.15) is 17.4 Å². The molecule has 0 bridgehead atoms.